The number of ether oxygens (including phenoxy) is 3. The van der Waals surface area contributed by atoms with Gasteiger partial charge in [-0.1, -0.05) is 293 Å². The van der Waals surface area contributed by atoms with Crippen LogP contribution in [0.3, 0.4) is 0 Å². The molecule has 0 aromatic heterocycles. The predicted molar refractivity (Wildman–Crippen MR) is 338 cm³/mol. The summed E-state index contributed by atoms with van der Waals surface area (Å²) in [6.07, 6.45) is 63.7. The van der Waals surface area contributed by atoms with Crippen LogP contribution in [0, 0.1) is 0 Å². The van der Waals surface area contributed by atoms with Crippen molar-refractivity contribution in [2.75, 3.05) is 13.2 Å². The van der Waals surface area contributed by atoms with Gasteiger partial charge in [0.1, 0.15) is 24.4 Å². The number of hydrogen-bond donors (Lipinski definition) is 6. The van der Waals surface area contributed by atoms with E-state index in [2.05, 4.69) is 56.5 Å². The second-order valence-electron chi connectivity index (χ2n) is 23.3. The number of amides is 1. The molecule has 11 heteroatoms. The molecule has 81 heavy (non-hydrogen) atoms. The largest absolute Gasteiger partial charge is 0.454 e. The van der Waals surface area contributed by atoms with Crippen LogP contribution in [0.2, 0.25) is 0 Å². The number of rotatable bonds is 57. The molecule has 470 valence electrons. The van der Waals surface area contributed by atoms with Crippen LogP contribution in [-0.4, -0.2) is 99.6 Å². The maximum absolute atomic E-state index is 13.5. The molecule has 1 rings (SSSR count). The minimum atomic E-state index is -1.63. The highest BCUT2D eigenvalue weighted by molar-refractivity contribution is 5.80. The molecule has 8 unspecified atom stereocenters. The third-order valence-electron chi connectivity index (χ3n) is 15.7. The molecule has 1 aliphatic heterocycles. The Morgan fingerprint density at radius 3 is 1.37 bits per heavy atom. The van der Waals surface area contributed by atoms with Gasteiger partial charge in [-0.15, -0.1) is 0 Å². The fraction of sp³-hybridized carbons (Fsp3) is 0.800. The lowest BCUT2D eigenvalue weighted by atomic mass is 9.99. The molecule has 0 aromatic carbocycles. The molecule has 11 nitrogen and oxygen atoms in total. The highest BCUT2D eigenvalue weighted by Gasteiger charge is 2.47. The fourth-order valence-corrected chi connectivity index (χ4v) is 10.4. The molecule has 6 N–H and O–H groups in total. The lowest BCUT2D eigenvalue weighted by molar-refractivity contribution is -0.305. The van der Waals surface area contributed by atoms with Crippen molar-refractivity contribution in [1.82, 2.24) is 5.32 Å². The van der Waals surface area contributed by atoms with Crippen LogP contribution in [-0.2, 0) is 23.8 Å². The molecule has 0 aromatic rings. The van der Waals surface area contributed by atoms with E-state index in [1.807, 2.05) is 36.5 Å². The molecule has 1 aliphatic rings. The summed E-state index contributed by atoms with van der Waals surface area (Å²) in [7, 11) is 0. The zero-order valence-electron chi connectivity index (χ0n) is 52.1. The lowest BCUT2D eigenvalue weighted by Crippen LogP contribution is -2.61. The van der Waals surface area contributed by atoms with Gasteiger partial charge < -0.3 is 45.1 Å². The summed E-state index contributed by atoms with van der Waals surface area (Å²) in [4.78, 5) is 26.6. The molecule has 1 saturated heterocycles. The molecule has 0 saturated carbocycles. The van der Waals surface area contributed by atoms with Crippen LogP contribution in [0.4, 0.5) is 0 Å². The summed E-state index contributed by atoms with van der Waals surface area (Å²) in [5.74, 6) is -1.21. The first kappa shape index (κ1) is 76.1. The molecular weight excluding hydrogens is 1010 g/mol. The number of aliphatic hydroxyl groups is 5. The Labute approximate surface area is 496 Å². The van der Waals surface area contributed by atoms with Gasteiger partial charge in [-0.25, -0.2) is 0 Å². The van der Waals surface area contributed by atoms with Crippen LogP contribution in [0.25, 0.3) is 0 Å². The Morgan fingerprint density at radius 2 is 0.901 bits per heavy atom. The number of hydrogen-bond acceptors (Lipinski definition) is 10. The predicted octanol–water partition coefficient (Wildman–Crippen LogP) is 16.7. The highest BCUT2D eigenvalue weighted by Crippen LogP contribution is 2.26. The first-order valence-corrected chi connectivity index (χ1v) is 33.8. The summed E-state index contributed by atoms with van der Waals surface area (Å²) in [6.45, 7) is 5.66. The average molecular weight is 1140 g/mol. The molecular formula is C70H125NO10. The van der Waals surface area contributed by atoms with E-state index in [9.17, 15) is 35.1 Å². The Hall–Kier alpha value is -2.90. The van der Waals surface area contributed by atoms with Crippen molar-refractivity contribution in [2.24, 2.45) is 0 Å². The Bertz CT molecular complexity index is 1590. The average Bonchev–Trinajstić information content (AvgIpc) is 3.53. The quantitative estimate of drug-likeness (QED) is 0.0149. The third-order valence-corrected chi connectivity index (χ3v) is 15.7. The monoisotopic (exact) mass is 1140 g/mol. The van der Waals surface area contributed by atoms with E-state index in [1.165, 1.54) is 173 Å². The summed E-state index contributed by atoms with van der Waals surface area (Å²) in [6, 6.07) is -1.03. The number of esters is 1. The standard InChI is InChI=1S/C70H125NO10/c1-4-7-10-13-16-19-22-25-27-28-29-30-31-32-33-34-35-37-39-42-45-48-51-54-57-63(74)69(78)71-61(62(73)56-53-50-47-44-41-38-24-21-18-15-12-9-6-3)60-79-70-68(67(77)66(76)64(59-72)80-70)81-65(75)58-55-52-49-46-43-40-36-26-23-20-17-14-11-8-5-2/h8,11,14,17,20,23,25-27,36,53,56,61-64,66-68,70,72-74,76-77H,4-7,9-10,12-13,15-16,18-19,21-22,24,28-35,37-52,54-55,57-60H2,1-3H3,(H,71,78)/b11-8+,17-14+,23-20+,27-25+,36-26-,56-53+. The normalized spacial score (nSPS) is 19.1. The van der Waals surface area contributed by atoms with E-state index in [1.54, 1.807) is 6.08 Å². The van der Waals surface area contributed by atoms with E-state index >= 15 is 0 Å². The molecule has 1 heterocycles. The van der Waals surface area contributed by atoms with E-state index in [-0.39, 0.29) is 19.4 Å². The zero-order valence-corrected chi connectivity index (χ0v) is 52.1. The molecule has 0 bridgehead atoms. The van der Waals surface area contributed by atoms with Crippen LogP contribution in [0.15, 0.2) is 72.9 Å². The fourth-order valence-electron chi connectivity index (χ4n) is 10.4. The Kier molecular flexibility index (Phi) is 54.1. The topological polar surface area (TPSA) is 175 Å². The van der Waals surface area contributed by atoms with Gasteiger partial charge in [0, 0.05) is 6.42 Å². The molecule has 8 atom stereocenters. The van der Waals surface area contributed by atoms with Crippen LogP contribution in [0.5, 0.6) is 0 Å². The minimum absolute atomic E-state index is 0.0960. The Morgan fingerprint density at radius 1 is 0.494 bits per heavy atom. The number of nitrogens with one attached hydrogen (secondary N) is 1. The summed E-state index contributed by atoms with van der Waals surface area (Å²) in [5, 5.41) is 57.1. The summed E-state index contributed by atoms with van der Waals surface area (Å²) in [5.41, 5.74) is 0. The SMILES string of the molecule is CC/C=C/C=C/C=C/C=C\CCCCCCCC(=O)OC1C(OCC(NC(=O)C(O)CCCCCCCCCCCCCCCC/C=C/CCCCCCCC)C(O)/C=C/CCCCCCCCCCCCC)OC(CO)C(O)C1O. The molecule has 1 fully saturated rings. The van der Waals surface area contributed by atoms with E-state index < -0.39 is 67.4 Å². The van der Waals surface area contributed by atoms with E-state index in [4.69, 9.17) is 14.2 Å². The van der Waals surface area contributed by atoms with E-state index in [0.29, 0.717) is 12.8 Å². The van der Waals surface area contributed by atoms with Crippen molar-refractivity contribution in [1.29, 1.82) is 0 Å². The van der Waals surface area contributed by atoms with Crippen LogP contribution >= 0.6 is 0 Å². The van der Waals surface area contributed by atoms with Crippen molar-refractivity contribution >= 4 is 11.9 Å². The first-order valence-electron chi connectivity index (χ1n) is 33.8. The van der Waals surface area contributed by atoms with Gasteiger partial charge in [0.2, 0.25) is 5.91 Å². The second kappa shape index (κ2) is 57.5. The smallest absolute Gasteiger partial charge is 0.306 e. The van der Waals surface area contributed by atoms with Crippen molar-refractivity contribution in [2.45, 2.75) is 346 Å². The lowest BCUT2D eigenvalue weighted by Gasteiger charge is -2.41. The van der Waals surface area contributed by atoms with Gasteiger partial charge in [-0.05, 0) is 70.6 Å². The van der Waals surface area contributed by atoms with Gasteiger partial charge in [0.25, 0.3) is 0 Å². The molecule has 1 amide bonds. The van der Waals surface area contributed by atoms with Crippen molar-refractivity contribution < 1.29 is 49.3 Å². The molecule has 0 aliphatic carbocycles. The van der Waals surface area contributed by atoms with Gasteiger partial charge >= 0.3 is 5.97 Å². The molecule has 0 radical (unpaired) electrons. The number of carbonyl (C=O) groups excluding carboxylic acids is 2. The van der Waals surface area contributed by atoms with Crippen molar-refractivity contribution in [3.63, 3.8) is 0 Å². The number of allylic oxidation sites excluding steroid dienone is 11. The van der Waals surface area contributed by atoms with Crippen LogP contribution in [0.1, 0.15) is 297 Å². The van der Waals surface area contributed by atoms with Gasteiger partial charge in [0.15, 0.2) is 12.4 Å². The van der Waals surface area contributed by atoms with E-state index in [0.717, 1.165) is 77.0 Å². The summed E-state index contributed by atoms with van der Waals surface area (Å²) >= 11 is 0. The minimum Gasteiger partial charge on any atom is -0.454 e. The van der Waals surface area contributed by atoms with Crippen molar-refractivity contribution in [3.05, 3.63) is 72.9 Å². The molecule has 0 spiro atoms. The van der Waals surface area contributed by atoms with Crippen LogP contribution < -0.4 is 5.32 Å². The number of aliphatic hydroxyl groups excluding tert-OH is 5. The number of carbonyl (C=O) groups is 2. The van der Waals surface area contributed by atoms with Gasteiger partial charge in [0.05, 0.1) is 25.4 Å². The second-order valence-corrected chi connectivity index (χ2v) is 23.3. The van der Waals surface area contributed by atoms with Gasteiger partial charge in [-0.2, -0.15) is 0 Å². The zero-order chi connectivity index (χ0) is 58.9. The first-order chi connectivity index (χ1) is 39.7. The van der Waals surface area contributed by atoms with Gasteiger partial charge in [-0.3, -0.25) is 9.59 Å². The summed E-state index contributed by atoms with van der Waals surface area (Å²) < 4.78 is 17.6. The maximum atomic E-state index is 13.5. The highest BCUT2D eigenvalue weighted by atomic mass is 16.7. The van der Waals surface area contributed by atoms with Crippen molar-refractivity contribution in [3.8, 4) is 0 Å². The Balaban J connectivity index is 2.61. The number of unbranched alkanes of at least 4 members (excludes halogenated alkanes) is 36. The maximum Gasteiger partial charge on any atom is 0.306 e. The third kappa shape index (κ3) is 45.2.